The Morgan fingerprint density at radius 2 is 1.59 bits per heavy atom. The molecule has 1 heterocycles. The first kappa shape index (κ1) is 26.1. The lowest BCUT2D eigenvalue weighted by molar-refractivity contribution is -0.132. The minimum Gasteiger partial charge on any atom is -0.332 e. The summed E-state index contributed by atoms with van der Waals surface area (Å²) in [5, 5.41) is 1.98. The van der Waals surface area contributed by atoms with Gasteiger partial charge in [0.25, 0.3) is 0 Å². The monoisotopic (exact) mass is 498 g/mol. The molecule has 0 N–H and O–H groups in total. The van der Waals surface area contributed by atoms with Crippen molar-refractivity contribution in [3.8, 4) is 0 Å². The average molecular weight is 499 g/mol. The van der Waals surface area contributed by atoms with Crippen LogP contribution in [0.2, 0.25) is 0 Å². The van der Waals surface area contributed by atoms with Gasteiger partial charge in [0.2, 0.25) is 15.9 Å². The molecule has 5 nitrogen and oxygen atoms in total. The van der Waals surface area contributed by atoms with Gasteiger partial charge in [-0.2, -0.15) is 4.31 Å². The average Bonchev–Trinajstić information content (AvgIpc) is 3.31. The molecule has 2 aromatic carbocycles. The van der Waals surface area contributed by atoms with Crippen molar-refractivity contribution in [2.75, 3.05) is 13.1 Å². The second-order valence-corrected chi connectivity index (χ2v) is 12.4. The minimum atomic E-state index is -3.80. The minimum absolute atomic E-state index is 0.0684. The van der Waals surface area contributed by atoms with Crippen LogP contribution in [0.25, 0.3) is 0 Å². The third kappa shape index (κ3) is 6.78. The molecule has 3 rings (SSSR count). The number of rotatable bonds is 10. The zero-order valence-electron chi connectivity index (χ0n) is 20.4. The number of carbonyl (C=O) groups excluding carboxylic acids is 1. The smallest absolute Gasteiger partial charge is 0.243 e. The van der Waals surface area contributed by atoms with E-state index in [0.717, 1.165) is 16.0 Å². The van der Waals surface area contributed by atoms with Gasteiger partial charge in [0.1, 0.15) is 0 Å². The van der Waals surface area contributed by atoms with Crippen LogP contribution in [0.5, 0.6) is 0 Å². The number of nitrogens with zero attached hydrogens (tertiary/aromatic N) is 2. The van der Waals surface area contributed by atoms with Crippen molar-refractivity contribution in [2.45, 2.75) is 57.5 Å². The molecular weight excluding hydrogens is 464 g/mol. The molecular formula is C27H34N2O3S2. The molecule has 0 fully saturated rings. The second kappa shape index (κ2) is 11.3. The molecule has 182 valence electrons. The van der Waals surface area contributed by atoms with Gasteiger partial charge in [0.05, 0.1) is 18.0 Å². The van der Waals surface area contributed by atoms with Gasteiger partial charge in [-0.3, -0.25) is 4.79 Å². The van der Waals surface area contributed by atoms with Crippen molar-refractivity contribution < 1.29 is 13.2 Å². The van der Waals surface area contributed by atoms with Gasteiger partial charge in [-0.1, -0.05) is 76.2 Å². The summed E-state index contributed by atoms with van der Waals surface area (Å²) in [5.41, 5.74) is 2.01. The van der Waals surface area contributed by atoms with E-state index in [-0.39, 0.29) is 29.3 Å². The van der Waals surface area contributed by atoms with E-state index in [4.69, 9.17) is 0 Å². The standard InChI is InChI=1S/C27H34N2O3S2/c1-5-17-29(34(31,32)25-15-13-23(14-16-25)27(2,3)4)21-26(30)28(20-24-12-9-18-33-24)19-22-10-7-6-8-11-22/h6-16,18H,5,17,19-21H2,1-4H3. The molecule has 1 aromatic heterocycles. The lowest BCUT2D eigenvalue weighted by Gasteiger charge is -2.27. The number of hydrogen-bond acceptors (Lipinski definition) is 4. The van der Waals surface area contributed by atoms with Crippen LogP contribution in [0.15, 0.2) is 77.0 Å². The number of benzene rings is 2. The molecule has 0 radical (unpaired) electrons. The van der Waals surface area contributed by atoms with Gasteiger partial charge in [-0.15, -0.1) is 11.3 Å². The van der Waals surface area contributed by atoms with Crippen LogP contribution in [-0.4, -0.2) is 36.6 Å². The van der Waals surface area contributed by atoms with E-state index >= 15 is 0 Å². The van der Waals surface area contributed by atoms with Crippen LogP contribution >= 0.6 is 11.3 Å². The normalized spacial score (nSPS) is 12.1. The molecule has 1 amide bonds. The largest absolute Gasteiger partial charge is 0.332 e. The van der Waals surface area contributed by atoms with Gasteiger partial charge in [0.15, 0.2) is 0 Å². The Hall–Kier alpha value is -2.48. The molecule has 0 atom stereocenters. The number of thiophene rings is 1. The second-order valence-electron chi connectivity index (χ2n) is 9.43. The number of carbonyl (C=O) groups is 1. The molecule has 3 aromatic rings. The first-order valence-corrected chi connectivity index (χ1v) is 13.9. The molecule has 0 bridgehead atoms. The van der Waals surface area contributed by atoms with Crippen molar-refractivity contribution in [3.05, 3.63) is 88.1 Å². The summed E-state index contributed by atoms with van der Waals surface area (Å²) in [6, 6.07) is 20.7. The first-order valence-electron chi connectivity index (χ1n) is 11.6. The summed E-state index contributed by atoms with van der Waals surface area (Å²) in [6.45, 7) is 9.17. The van der Waals surface area contributed by atoms with Crippen LogP contribution in [0.4, 0.5) is 0 Å². The van der Waals surface area contributed by atoms with Crippen molar-refractivity contribution in [2.24, 2.45) is 0 Å². The highest BCUT2D eigenvalue weighted by molar-refractivity contribution is 7.89. The quantitative estimate of drug-likeness (QED) is 0.362. The maximum absolute atomic E-state index is 13.5. The Kier molecular flexibility index (Phi) is 8.68. The zero-order valence-corrected chi connectivity index (χ0v) is 22.0. The van der Waals surface area contributed by atoms with E-state index in [1.54, 1.807) is 28.4 Å². The molecule has 0 aliphatic carbocycles. The van der Waals surface area contributed by atoms with Crippen molar-refractivity contribution in [1.29, 1.82) is 0 Å². The van der Waals surface area contributed by atoms with Crippen molar-refractivity contribution >= 4 is 27.3 Å². The third-order valence-electron chi connectivity index (χ3n) is 5.64. The fraction of sp³-hybridized carbons (Fsp3) is 0.370. The maximum Gasteiger partial charge on any atom is 0.243 e. The highest BCUT2D eigenvalue weighted by Crippen LogP contribution is 2.25. The van der Waals surface area contributed by atoms with E-state index in [1.807, 2.05) is 66.9 Å². The third-order valence-corrected chi connectivity index (χ3v) is 8.36. The molecule has 0 aliphatic rings. The molecule has 0 saturated carbocycles. The molecule has 0 aliphatic heterocycles. The van der Waals surface area contributed by atoms with E-state index in [1.165, 1.54) is 4.31 Å². The fourth-order valence-corrected chi connectivity index (χ4v) is 5.89. The van der Waals surface area contributed by atoms with Crippen LogP contribution in [0.1, 0.15) is 50.1 Å². The SMILES string of the molecule is CCCN(CC(=O)N(Cc1ccccc1)Cc1cccs1)S(=O)(=O)c1ccc(C(C)(C)C)cc1. The maximum atomic E-state index is 13.5. The Balaban J connectivity index is 1.84. The number of amides is 1. The summed E-state index contributed by atoms with van der Waals surface area (Å²) in [4.78, 5) is 16.5. The topological polar surface area (TPSA) is 57.7 Å². The highest BCUT2D eigenvalue weighted by atomic mass is 32.2. The summed E-state index contributed by atoms with van der Waals surface area (Å²) in [5.74, 6) is -0.208. The number of hydrogen-bond donors (Lipinski definition) is 0. The summed E-state index contributed by atoms with van der Waals surface area (Å²) in [7, 11) is -3.80. The number of sulfonamides is 1. The van der Waals surface area contributed by atoms with E-state index in [0.29, 0.717) is 19.5 Å². The predicted molar refractivity (Wildman–Crippen MR) is 139 cm³/mol. The molecule has 0 unspecified atom stereocenters. The van der Waals surface area contributed by atoms with Gasteiger partial charge in [-0.05, 0) is 46.5 Å². The summed E-state index contributed by atoms with van der Waals surface area (Å²) >= 11 is 1.59. The Bertz CT molecular complexity index is 1150. The van der Waals surface area contributed by atoms with Gasteiger partial charge in [-0.25, -0.2) is 8.42 Å². The van der Waals surface area contributed by atoms with Gasteiger partial charge >= 0.3 is 0 Å². The zero-order chi connectivity index (χ0) is 24.8. The van der Waals surface area contributed by atoms with Crippen molar-refractivity contribution in [3.63, 3.8) is 0 Å². The lowest BCUT2D eigenvalue weighted by atomic mass is 9.87. The van der Waals surface area contributed by atoms with Crippen LogP contribution in [0, 0.1) is 0 Å². The summed E-state index contributed by atoms with van der Waals surface area (Å²) in [6.07, 6.45) is 0.621. The first-order chi connectivity index (χ1) is 16.1. The predicted octanol–water partition coefficient (Wildman–Crippen LogP) is 5.68. The van der Waals surface area contributed by atoms with Crippen LogP contribution < -0.4 is 0 Å². The van der Waals surface area contributed by atoms with Gasteiger partial charge in [0, 0.05) is 18.0 Å². The van der Waals surface area contributed by atoms with Gasteiger partial charge < -0.3 is 4.90 Å². The van der Waals surface area contributed by atoms with E-state index < -0.39 is 10.0 Å². The Morgan fingerprint density at radius 1 is 0.912 bits per heavy atom. The molecule has 0 spiro atoms. The molecule has 7 heteroatoms. The lowest BCUT2D eigenvalue weighted by Crippen LogP contribution is -2.42. The van der Waals surface area contributed by atoms with E-state index in [2.05, 4.69) is 20.8 Å². The molecule has 0 saturated heterocycles. The van der Waals surface area contributed by atoms with Crippen molar-refractivity contribution in [1.82, 2.24) is 9.21 Å². The highest BCUT2D eigenvalue weighted by Gasteiger charge is 2.28. The Morgan fingerprint density at radius 3 is 2.15 bits per heavy atom. The van der Waals surface area contributed by atoms with E-state index in [9.17, 15) is 13.2 Å². The molecule has 34 heavy (non-hydrogen) atoms. The summed E-state index contributed by atoms with van der Waals surface area (Å²) < 4.78 is 28.3. The fourth-order valence-electron chi connectivity index (χ4n) is 3.69. The van der Waals surface area contributed by atoms with Crippen LogP contribution in [0.3, 0.4) is 0 Å². The Labute approximate surface area is 208 Å². The van der Waals surface area contributed by atoms with Crippen LogP contribution in [-0.2, 0) is 33.3 Å².